The fourth-order valence-corrected chi connectivity index (χ4v) is 1.96. The van der Waals surface area contributed by atoms with Crippen LogP contribution in [0.5, 0.6) is 0 Å². The van der Waals surface area contributed by atoms with Crippen LogP contribution in [0.2, 0.25) is 0 Å². The van der Waals surface area contributed by atoms with Crippen LogP contribution in [-0.4, -0.2) is 21.3 Å². The molecule has 0 amide bonds. The van der Waals surface area contributed by atoms with Crippen LogP contribution < -0.4 is 0 Å². The monoisotopic (exact) mass is 212 g/mol. The van der Waals surface area contributed by atoms with Crippen molar-refractivity contribution in [1.82, 2.24) is 10.2 Å². The quantitative estimate of drug-likeness (QED) is 0.651. The van der Waals surface area contributed by atoms with Gasteiger partial charge in [0.1, 0.15) is 0 Å². The van der Waals surface area contributed by atoms with Gasteiger partial charge in [-0.3, -0.25) is 5.10 Å². The molecule has 0 aliphatic rings. The lowest BCUT2D eigenvalue weighted by Gasteiger charge is -2.02. The fourth-order valence-electron chi connectivity index (χ4n) is 1.96. The minimum Gasteiger partial charge on any atom is -0.478 e. The summed E-state index contributed by atoms with van der Waals surface area (Å²) in [7, 11) is 0. The van der Waals surface area contributed by atoms with Gasteiger partial charge in [0.05, 0.1) is 17.3 Å². The van der Waals surface area contributed by atoms with Gasteiger partial charge >= 0.3 is 5.97 Å². The number of nitrogens with zero attached hydrogens (tertiary/aromatic N) is 1. The molecule has 0 radical (unpaired) electrons. The third kappa shape index (κ3) is 1.10. The highest BCUT2D eigenvalue weighted by atomic mass is 16.4. The lowest BCUT2D eigenvalue weighted by Crippen LogP contribution is -1.96. The summed E-state index contributed by atoms with van der Waals surface area (Å²) >= 11 is 0. The van der Waals surface area contributed by atoms with Crippen LogP contribution in [0, 0.1) is 0 Å². The number of nitrogens with one attached hydrogen (secondary N) is 1. The van der Waals surface area contributed by atoms with Crippen LogP contribution >= 0.6 is 0 Å². The molecule has 0 unspecified atom stereocenters. The Hall–Kier alpha value is -2.36. The van der Waals surface area contributed by atoms with E-state index in [9.17, 15) is 4.79 Å². The molecule has 1 aromatic heterocycles. The molecule has 1 heterocycles. The first-order valence-electron chi connectivity index (χ1n) is 4.85. The SMILES string of the molecule is O=C(O)c1cccc2c1ccc1cn[nH]c12. The molecule has 3 aromatic rings. The third-order valence-corrected chi connectivity index (χ3v) is 2.70. The van der Waals surface area contributed by atoms with Gasteiger partial charge in [-0.15, -0.1) is 0 Å². The maximum atomic E-state index is 11.1. The van der Waals surface area contributed by atoms with Crippen LogP contribution in [0.4, 0.5) is 0 Å². The maximum Gasteiger partial charge on any atom is 0.336 e. The average Bonchev–Trinajstić information content (AvgIpc) is 2.76. The Balaban J connectivity index is 2.53. The largest absolute Gasteiger partial charge is 0.478 e. The number of hydrogen-bond donors (Lipinski definition) is 2. The first-order valence-corrected chi connectivity index (χ1v) is 4.85. The number of benzene rings is 2. The van der Waals surface area contributed by atoms with E-state index in [1.807, 2.05) is 18.2 Å². The molecule has 0 aliphatic carbocycles. The fraction of sp³-hybridized carbons (Fsp3) is 0. The van der Waals surface area contributed by atoms with Crippen molar-refractivity contribution in [3.05, 3.63) is 42.1 Å². The van der Waals surface area contributed by atoms with Gasteiger partial charge in [0.2, 0.25) is 0 Å². The van der Waals surface area contributed by atoms with Crippen LogP contribution in [0.1, 0.15) is 10.4 Å². The summed E-state index contributed by atoms with van der Waals surface area (Å²) in [5, 5.41) is 18.5. The molecule has 4 nitrogen and oxygen atoms in total. The van der Waals surface area contributed by atoms with Gasteiger partial charge in [-0.05, 0) is 11.5 Å². The number of hydrogen-bond acceptors (Lipinski definition) is 2. The van der Waals surface area contributed by atoms with Gasteiger partial charge in [0.25, 0.3) is 0 Å². The van der Waals surface area contributed by atoms with Crippen molar-refractivity contribution in [3.8, 4) is 0 Å². The molecule has 4 heteroatoms. The van der Waals surface area contributed by atoms with Gasteiger partial charge < -0.3 is 5.11 Å². The van der Waals surface area contributed by atoms with Crippen molar-refractivity contribution in [1.29, 1.82) is 0 Å². The molecule has 2 aromatic carbocycles. The molecule has 2 N–H and O–H groups in total. The van der Waals surface area contributed by atoms with E-state index >= 15 is 0 Å². The number of aromatic carboxylic acids is 1. The predicted molar refractivity (Wildman–Crippen MR) is 60.6 cm³/mol. The zero-order chi connectivity index (χ0) is 11.1. The first kappa shape index (κ1) is 8.91. The maximum absolute atomic E-state index is 11.1. The van der Waals surface area contributed by atoms with E-state index in [-0.39, 0.29) is 0 Å². The molecular weight excluding hydrogens is 204 g/mol. The van der Waals surface area contributed by atoms with E-state index < -0.39 is 5.97 Å². The van der Waals surface area contributed by atoms with E-state index in [1.165, 1.54) is 0 Å². The Morgan fingerprint density at radius 2 is 2.06 bits per heavy atom. The first-order chi connectivity index (χ1) is 7.77. The number of carbonyl (C=O) groups is 1. The van der Waals surface area contributed by atoms with Gasteiger partial charge in [0.15, 0.2) is 0 Å². The van der Waals surface area contributed by atoms with Crippen molar-refractivity contribution >= 4 is 27.6 Å². The highest BCUT2D eigenvalue weighted by Gasteiger charge is 2.10. The van der Waals surface area contributed by atoms with Crippen LogP contribution in [-0.2, 0) is 0 Å². The van der Waals surface area contributed by atoms with E-state index in [1.54, 1.807) is 18.3 Å². The minimum absolute atomic E-state index is 0.314. The number of carboxylic acid groups (broad SMARTS) is 1. The summed E-state index contributed by atoms with van der Waals surface area (Å²) in [4.78, 5) is 11.1. The Kier molecular flexibility index (Phi) is 1.71. The van der Waals surface area contributed by atoms with Crippen molar-refractivity contribution in [2.45, 2.75) is 0 Å². The predicted octanol–water partition coefficient (Wildman–Crippen LogP) is 2.41. The summed E-state index contributed by atoms with van der Waals surface area (Å²) in [6, 6.07) is 8.92. The zero-order valence-electron chi connectivity index (χ0n) is 8.27. The smallest absolute Gasteiger partial charge is 0.336 e. The summed E-state index contributed by atoms with van der Waals surface area (Å²) in [5.74, 6) is -0.913. The molecule has 0 atom stereocenters. The van der Waals surface area contributed by atoms with Crippen molar-refractivity contribution < 1.29 is 9.90 Å². The molecule has 0 aliphatic heterocycles. The zero-order valence-corrected chi connectivity index (χ0v) is 8.27. The lowest BCUT2D eigenvalue weighted by molar-refractivity contribution is 0.0699. The number of aromatic amines is 1. The second kappa shape index (κ2) is 3.06. The number of H-pyrrole nitrogens is 1. The second-order valence-corrected chi connectivity index (χ2v) is 3.61. The highest BCUT2D eigenvalue weighted by Crippen LogP contribution is 2.25. The van der Waals surface area contributed by atoms with Crippen LogP contribution in [0.25, 0.3) is 21.7 Å². The molecule has 0 fully saturated rings. The van der Waals surface area contributed by atoms with Gasteiger partial charge in [0, 0.05) is 10.8 Å². The van der Waals surface area contributed by atoms with Gasteiger partial charge in [-0.1, -0.05) is 24.3 Å². The Labute approximate surface area is 90.5 Å². The molecule has 0 saturated carbocycles. The summed E-state index contributed by atoms with van der Waals surface area (Å²) in [5.41, 5.74) is 1.19. The van der Waals surface area contributed by atoms with Crippen LogP contribution in [0.15, 0.2) is 36.5 Å². The Morgan fingerprint density at radius 3 is 2.88 bits per heavy atom. The molecule has 3 rings (SSSR count). The third-order valence-electron chi connectivity index (χ3n) is 2.70. The molecule has 16 heavy (non-hydrogen) atoms. The normalized spacial score (nSPS) is 11.0. The molecular formula is C12H8N2O2. The molecule has 0 saturated heterocycles. The molecule has 78 valence electrons. The standard InChI is InChI=1S/C12H8N2O2/c15-12(16)10-3-1-2-9-8(10)5-4-7-6-13-14-11(7)9/h1-6H,(H,13,14)(H,15,16). The summed E-state index contributed by atoms with van der Waals surface area (Å²) in [6.45, 7) is 0. The average molecular weight is 212 g/mol. The van der Waals surface area contributed by atoms with Gasteiger partial charge in [-0.25, -0.2) is 4.79 Å². The topological polar surface area (TPSA) is 66.0 Å². The second-order valence-electron chi connectivity index (χ2n) is 3.61. The molecule has 0 spiro atoms. The Morgan fingerprint density at radius 1 is 1.19 bits per heavy atom. The number of carboxylic acids is 1. The highest BCUT2D eigenvalue weighted by molar-refractivity contribution is 6.12. The van der Waals surface area contributed by atoms with Crippen molar-refractivity contribution in [2.75, 3.05) is 0 Å². The van der Waals surface area contributed by atoms with Crippen molar-refractivity contribution in [2.24, 2.45) is 0 Å². The Bertz CT molecular complexity index is 700. The van der Waals surface area contributed by atoms with E-state index in [0.29, 0.717) is 5.56 Å². The summed E-state index contributed by atoms with van der Waals surface area (Å²) < 4.78 is 0. The number of aromatic nitrogens is 2. The molecule has 0 bridgehead atoms. The number of rotatable bonds is 1. The van der Waals surface area contributed by atoms with Crippen LogP contribution in [0.3, 0.4) is 0 Å². The number of fused-ring (bicyclic) bond motifs is 3. The van der Waals surface area contributed by atoms with Crippen molar-refractivity contribution in [3.63, 3.8) is 0 Å². The minimum atomic E-state index is -0.913. The van der Waals surface area contributed by atoms with E-state index in [0.717, 1.165) is 21.7 Å². The van der Waals surface area contributed by atoms with Gasteiger partial charge in [-0.2, -0.15) is 5.10 Å². The lowest BCUT2D eigenvalue weighted by atomic mass is 10.0. The van der Waals surface area contributed by atoms with E-state index in [2.05, 4.69) is 10.2 Å². The van der Waals surface area contributed by atoms with E-state index in [4.69, 9.17) is 5.11 Å². The summed E-state index contributed by atoms with van der Waals surface area (Å²) in [6.07, 6.45) is 1.72.